The van der Waals surface area contributed by atoms with E-state index in [0.29, 0.717) is 11.9 Å². The molecule has 4 heteroatoms. The van der Waals surface area contributed by atoms with Crippen LogP contribution in [-0.4, -0.2) is 28.3 Å². The lowest BCUT2D eigenvalue weighted by Gasteiger charge is -2.39. The molecule has 2 amide bonds. The molecule has 3 aliphatic rings. The van der Waals surface area contributed by atoms with Gasteiger partial charge in [-0.3, -0.25) is 0 Å². The quantitative estimate of drug-likeness (QED) is 0.758. The first-order valence-electron chi connectivity index (χ1n) is 6.92. The Hall–Kier alpha value is -1.06. The lowest BCUT2D eigenvalue weighted by atomic mass is 9.82. The second-order valence-corrected chi connectivity index (χ2v) is 5.68. The highest BCUT2D eigenvalue weighted by Gasteiger charge is 2.52. The Balaban J connectivity index is 1.89. The summed E-state index contributed by atoms with van der Waals surface area (Å²) >= 11 is 0. The zero-order valence-corrected chi connectivity index (χ0v) is 10.3. The van der Waals surface area contributed by atoms with Gasteiger partial charge in [0.25, 0.3) is 0 Å². The molecule has 17 heavy (non-hydrogen) atoms. The summed E-state index contributed by atoms with van der Waals surface area (Å²) in [6, 6.07) is 0.345. The Morgan fingerprint density at radius 1 is 1.12 bits per heavy atom. The molecule has 0 saturated heterocycles. The minimum Gasteiger partial charge on any atom is -0.385 e. The molecule has 4 nitrogen and oxygen atoms in total. The molecule has 1 aliphatic heterocycles. The highest BCUT2D eigenvalue weighted by Crippen LogP contribution is 2.42. The van der Waals surface area contributed by atoms with Crippen molar-refractivity contribution >= 4 is 11.9 Å². The summed E-state index contributed by atoms with van der Waals surface area (Å²) in [6.45, 7) is 0. The smallest absolute Gasteiger partial charge is 0.346 e. The zero-order chi connectivity index (χ0) is 11.9. The normalized spacial score (nSPS) is 29.1. The number of rotatable bonds is 1. The van der Waals surface area contributed by atoms with E-state index in [1.807, 2.05) is 4.90 Å². The van der Waals surface area contributed by atoms with Gasteiger partial charge in [0.2, 0.25) is 0 Å². The molecule has 2 fully saturated rings. The predicted molar refractivity (Wildman–Crippen MR) is 66.9 cm³/mol. The highest BCUT2D eigenvalue weighted by atomic mass is 16.2. The largest absolute Gasteiger partial charge is 0.385 e. The van der Waals surface area contributed by atoms with Gasteiger partial charge in [-0.2, -0.15) is 4.99 Å². The van der Waals surface area contributed by atoms with Crippen molar-refractivity contribution in [2.45, 2.75) is 69.4 Å². The van der Waals surface area contributed by atoms with E-state index in [-0.39, 0.29) is 11.6 Å². The Morgan fingerprint density at radius 3 is 2.29 bits per heavy atom. The number of carbonyl (C=O) groups is 1. The second-order valence-electron chi connectivity index (χ2n) is 5.68. The van der Waals surface area contributed by atoms with Gasteiger partial charge in [0, 0.05) is 6.04 Å². The number of hydrogen-bond donors (Lipinski definition) is 1. The zero-order valence-electron chi connectivity index (χ0n) is 10.3. The Kier molecular flexibility index (Phi) is 2.60. The molecule has 94 valence electrons. The van der Waals surface area contributed by atoms with Crippen molar-refractivity contribution in [3.05, 3.63) is 0 Å². The van der Waals surface area contributed by atoms with Crippen LogP contribution in [-0.2, 0) is 0 Å². The van der Waals surface area contributed by atoms with Gasteiger partial charge >= 0.3 is 6.03 Å². The van der Waals surface area contributed by atoms with Crippen LogP contribution in [0.25, 0.3) is 0 Å². The van der Waals surface area contributed by atoms with Gasteiger partial charge in [0.05, 0.1) is 0 Å². The first kappa shape index (κ1) is 11.1. The van der Waals surface area contributed by atoms with Crippen LogP contribution in [0.4, 0.5) is 4.79 Å². The van der Waals surface area contributed by atoms with Gasteiger partial charge in [-0.25, -0.2) is 4.79 Å². The number of carbonyl (C=O) groups excluding carboxylic acids is 1. The van der Waals surface area contributed by atoms with Gasteiger partial charge in [0.15, 0.2) is 0 Å². The molecular weight excluding hydrogens is 214 g/mol. The number of nitrogens with zero attached hydrogens (tertiary/aromatic N) is 2. The van der Waals surface area contributed by atoms with Crippen LogP contribution in [0.1, 0.15) is 57.8 Å². The van der Waals surface area contributed by atoms with E-state index in [1.54, 1.807) is 0 Å². The standard InChI is InChI=1S/C13H21N3O/c14-11-13(8-4-2-1-3-5-9-13)16(10-6-7-10)12(17)15-11/h10H,1-9H2,(H2,14,15,17). The molecular formula is C13H21N3O. The van der Waals surface area contributed by atoms with E-state index in [2.05, 4.69) is 4.99 Å². The Morgan fingerprint density at radius 2 is 1.71 bits per heavy atom. The minimum atomic E-state index is -0.210. The van der Waals surface area contributed by atoms with Gasteiger partial charge in [-0.1, -0.05) is 32.1 Å². The molecule has 0 unspecified atom stereocenters. The second kappa shape index (κ2) is 4.00. The third kappa shape index (κ3) is 1.74. The van der Waals surface area contributed by atoms with Crippen molar-refractivity contribution < 1.29 is 4.79 Å². The molecule has 2 aliphatic carbocycles. The van der Waals surface area contributed by atoms with E-state index < -0.39 is 0 Å². The van der Waals surface area contributed by atoms with Gasteiger partial charge in [-0.05, 0) is 25.7 Å². The van der Waals surface area contributed by atoms with Crippen LogP contribution in [0.2, 0.25) is 0 Å². The fourth-order valence-corrected chi connectivity index (χ4v) is 3.39. The summed E-state index contributed by atoms with van der Waals surface area (Å²) in [6.07, 6.45) is 10.5. The van der Waals surface area contributed by atoms with Gasteiger partial charge in [-0.15, -0.1) is 0 Å². The van der Waals surface area contributed by atoms with Crippen molar-refractivity contribution in [1.82, 2.24) is 4.90 Å². The van der Waals surface area contributed by atoms with Crippen LogP contribution < -0.4 is 5.73 Å². The lowest BCUT2D eigenvalue weighted by Crippen LogP contribution is -2.55. The third-order valence-corrected chi connectivity index (χ3v) is 4.45. The average molecular weight is 235 g/mol. The first-order valence-corrected chi connectivity index (χ1v) is 6.92. The Bertz CT molecular complexity index is 352. The number of urea groups is 1. The van der Waals surface area contributed by atoms with Crippen molar-refractivity contribution in [2.75, 3.05) is 0 Å². The number of nitrogens with two attached hydrogens (primary N) is 1. The van der Waals surface area contributed by atoms with Gasteiger partial charge < -0.3 is 10.6 Å². The number of amides is 2. The van der Waals surface area contributed by atoms with Crippen molar-refractivity contribution in [2.24, 2.45) is 10.7 Å². The van der Waals surface area contributed by atoms with E-state index in [1.165, 1.54) is 32.1 Å². The van der Waals surface area contributed by atoms with Crippen molar-refractivity contribution in [3.8, 4) is 0 Å². The Labute approximate surface area is 102 Å². The summed E-state index contributed by atoms with van der Waals surface area (Å²) in [5.41, 5.74) is 5.89. The maximum Gasteiger partial charge on any atom is 0.346 e. The maximum atomic E-state index is 12.0. The monoisotopic (exact) mass is 235 g/mol. The van der Waals surface area contributed by atoms with Crippen LogP contribution in [0.3, 0.4) is 0 Å². The summed E-state index contributed by atoms with van der Waals surface area (Å²) < 4.78 is 0. The van der Waals surface area contributed by atoms with Crippen LogP contribution >= 0.6 is 0 Å². The molecule has 0 aromatic carbocycles. The average Bonchev–Trinajstić information content (AvgIpc) is 3.02. The molecule has 0 radical (unpaired) electrons. The summed E-state index contributed by atoms with van der Waals surface area (Å²) in [4.78, 5) is 18.1. The summed E-state index contributed by atoms with van der Waals surface area (Å²) in [5.74, 6) is 0.594. The molecule has 1 spiro atoms. The van der Waals surface area contributed by atoms with E-state index in [9.17, 15) is 4.79 Å². The topological polar surface area (TPSA) is 58.7 Å². The van der Waals surface area contributed by atoms with Gasteiger partial charge in [0.1, 0.15) is 11.4 Å². The molecule has 0 aromatic heterocycles. The van der Waals surface area contributed by atoms with Crippen molar-refractivity contribution in [1.29, 1.82) is 0 Å². The maximum absolute atomic E-state index is 12.0. The number of amidine groups is 1. The summed E-state index contributed by atoms with van der Waals surface area (Å²) in [7, 11) is 0. The van der Waals surface area contributed by atoms with E-state index in [0.717, 1.165) is 25.7 Å². The SMILES string of the molecule is NC1=NC(=O)N(C2CC2)C12CCCCCCC2. The van der Waals surface area contributed by atoms with Crippen LogP contribution in [0.15, 0.2) is 4.99 Å². The van der Waals surface area contributed by atoms with Crippen molar-refractivity contribution in [3.63, 3.8) is 0 Å². The first-order chi connectivity index (χ1) is 8.24. The molecule has 0 aromatic rings. The fourth-order valence-electron chi connectivity index (χ4n) is 3.39. The lowest BCUT2D eigenvalue weighted by molar-refractivity contribution is 0.145. The molecule has 1 heterocycles. The molecule has 2 N–H and O–H groups in total. The predicted octanol–water partition coefficient (Wildman–Crippen LogP) is 2.42. The minimum absolute atomic E-state index is 0.0782. The highest BCUT2D eigenvalue weighted by molar-refractivity contribution is 6.06. The molecule has 0 bridgehead atoms. The third-order valence-electron chi connectivity index (χ3n) is 4.45. The number of hydrogen-bond acceptors (Lipinski definition) is 2. The van der Waals surface area contributed by atoms with Crippen LogP contribution in [0.5, 0.6) is 0 Å². The fraction of sp³-hybridized carbons (Fsp3) is 0.846. The molecule has 2 saturated carbocycles. The van der Waals surface area contributed by atoms with E-state index in [4.69, 9.17) is 5.73 Å². The molecule has 0 atom stereocenters. The molecule has 3 rings (SSSR count). The van der Waals surface area contributed by atoms with Crippen LogP contribution in [0, 0.1) is 0 Å². The number of aliphatic imine (C=N–C) groups is 1. The van der Waals surface area contributed by atoms with E-state index >= 15 is 0 Å². The summed E-state index contributed by atoms with van der Waals surface area (Å²) in [5, 5.41) is 0.